The Labute approximate surface area is 88.2 Å². The summed E-state index contributed by atoms with van der Waals surface area (Å²) in [4.78, 5) is 0. The molecule has 2 atom stereocenters. The van der Waals surface area contributed by atoms with Crippen molar-refractivity contribution in [3.8, 4) is 0 Å². The number of rotatable bonds is 3. The van der Waals surface area contributed by atoms with Crippen molar-refractivity contribution in [2.45, 2.75) is 52.5 Å². The van der Waals surface area contributed by atoms with Crippen LogP contribution in [0.3, 0.4) is 0 Å². The minimum atomic E-state index is 0.342. The zero-order valence-electron chi connectivity index (χ0n) is 9.88. The molecule has 0 aromatic heterocycles. The molecule has 14 heavy (non-hydrogen) atoms. The van der Waals surface area contributed by atoms with Crippen molar-refractivity contribution < 1.29 is 4.74 Å². The summed E-state index contributed by atoms with van der Waals surface area (Å²) >= 11 is 0. The fourth-order valence-corrected chi connectivity index (χ4v) is 1.94. The van der Waals surface area contributed by atoms with Crippen LogP contribution in [0.4, 0.5) is 0 Å². The summed E-state index contributed by atoms with van der Waals surface area (Å²) < 4.78 is 5.46. The Morgan fingerprint density at radius 3 is 2.64 bits per heavy atom. The van der Waals surface area contributed by atoms with Gasteiger partial charge in [-0.15, -0.1) is 0 Å². The van der Waals surface area contributed by atoms with Crippen molar-refractivity contribution in [2.24, 2.45) is 17.1 Å². The highest BCUT2D eigenvalue weighted by Crippen LogP contribution is 2.25. The predicted molar refractivity (Wildman–Crippen MR) is 60.2 cm³/mol. The Kier molecular flexibility index (Phi) is 4.39. The Morgan fingerprint density at radius 2 is 2.14 bits per heavy atom. The van der Waals surface area contributed by atoms with Crippen molar-refractivity contribution in [1.29, 1.82) is 0 Å². The lowest BCUT2D eigenvalue weighted by molar-refractivity contribution is 0.0423. The lowest BCUT2D eigenvalue weighted by Crippen LogP contribution is -2.36. The van der Waals surface area contributed by atoms with Crippen LogP contribution in [0.5, 0.6) is 0 Å². The number of nitrogens with two attached hydrogens (primary N) is 1. The summed E-state index contributed by atoms with van der Waals surface area (Å²) in [5.74, 6) is 0.603. The maximum Gasteiger partial charge on any atom is 0.0509 e. The summed E-state index contributed by atoms with van der Waals surface area (Å²) in [6, 6.07) is 0.342. The van der Waals surface area contributed by atoms with Crippen LogP contribution in [-0.2, 0) is 4.74 Å². The standard InChI is InChI=1S/C12H25NO/c1-12(2,3)7-6-11(13)10-5-4-8-14-9-10/h10-11H,4-9,13H2,1-3H3. The summed E-state index contributed by atoms with van der Waals surface area (Å²) in [6.07, 6.45) is 4.79. The number of ether oxygens (including phenoxy) is 1. The van der Waals surface area contributed by atoms with E-state index in [0.29, 0.717) is 17.4 Å². The molecule has 2 heteroatoms. The van der Waals surface area contributed by atoms with Crippen LogP contribution in [-0.4, -0.2) is 19.3 Å². The molecular formula is C12H25NO. The average Bonchev–Trinajstić information content (AvgIpc) is 2.14. The van der Waals surface area contributed by atoms with Gasteiger partial charge in [0.15, 0.2) is 0 Å². The van der Waals surface area contributed by atoms with Crippen molar-refractivity contribution in [3.05, 3.63) is 0 Å². The molecular weight excluding hydrogens is 174 g/mol. The van der Waals surface area contributed by atoms with Gasteiger partial charge in [-0.1, -0.05) is 20.8 Å². The molecule has 0 spiro atoms. The van der Waals surface area contributed by atoms with Crippen molar-refractivity contribution in [3.63, 3.8) is 0 Å². The van der Waals surface area contributed by atoms with E-state index in [1.807, 2.05) is 0 Å². The molecule has 2 nitrogen and oxygen atoms in total. The molecule has 1 aliphatic heterocycles. The number of hydrogen-bond acceptors (Lipinski definition) is 2. The molecule has 1 fully saturated rings. The maximum atomic E-state index is 6.18. The minimum absolute atomic E-state index is 0.342. The highest BCUT2D eigenvalue weighted by atomic mass is 16.5. The fraction of sp³-hybridized carbons (Fsp3) is 1.00. The first kappa shape index (κ1) is 12.0. The van der Waals surface area contributed by atoms with Crippen LogP contribution >= 0.6 is 0 Å². The van der Waals surface area contributed by atoms with Crippen molar-refractivity contribution in [1.82, 2.24) is 0 Å². The van der Waals surface area contributed by atoms with Crippen molar-refractivity contribution in [2.75, 3.05) is 13.2 Å². The molecule has 0 aromatic rings. The van der Waals surface area contributed by atoms with E-state index in [9.17, 15) is 0 Å². The SMILES string of the molecule is CC(C)(C)CCC(N)C1CCCOC1. The molecule has 2 N–H and O–H groups in total. The highest BCUT2D eigenvalue weighted by Gasteiger charge is 2.22. The second kappa shape index (κ2) is 5.13. The zero-order valence-corrected chi connectivity index (χ0v) is 9.88. The van der Waals surface area contributed by atoms with E-state index in [2.05, 4.69) is 20.8 Å². The zero-order chi connectivity index (χ0) is 10.6. The van der Waals surface area contributed by atoms with Gasteiger partial charge in [-0.3, -0.25) is 0 Å². The van der Waals surface area contributed by atoms with Crippen LogP contribution in [0, 0.1) is 11.3 Å². The molecule has 1 rings (SSSR count). The topological polar surface area (TPSA) is 35.2 Å². The van der Waals surface area contributed by atoms with E-state index in [1.165, 1.54) is 19.3 Å². The summed E-state index contributed by atoms with van der Waals surface area (Å²) in [7, 11) is 0. The third kappa shape index (κ3) is 4.43. The largest absolute Gasteiger partial charge is 0.381 e. The molecule has 0 amide bonds. The molecule has 0 saturated carbocycles. The van der Waals surface area contributed by atoms with Gasteiger partial charge in [0.1, 0.15) is 0 Å². The molecule has 0 aromatic carbocycles. The fourth-order valence-electron chi connectivity index (χ4n) is 1.94. The molecule has 2 unspecified atom stereocenters. The molecule has 84 valence electrons. The van der Waals surface area contributed by atoms with Crippen LogP contribution in [0.15, 0.2) is 0 Å². The maximum absolute atomic E-state index is 6.18. The summed E-state index contributed by atoms with van der Waals surface area (Å²) in [6.45, 7) is 8.64. The molecule has 0 aliphatic carbocycles. The summed E-state index contributed by atoms with van der Waals surface area (Å²) in [5.41, 5.74) is 6.59. The smallest absolute Gasteiger partial charge is 0.0509 e. The van der Waals surface area contributed by atoms with E-state index in [1.54, 1.807) is 0 Å². The number of hydrogen-bond donors (Lipinski definition) is 1. The predicted octanol–water partition coefficient (Wildman–Crippen LogP) is 2.57. The van der Waals surface area contributed by atoms with Gasteiger partial charge in [0.05, 0.1) is 6.61 Å². The molecule has 1 saturated heterocycles. The highest BCUT2D eigenvalue weighted by molar-refractivity contribution is 4.77. The Morgan fingerprint density at radius 1 is 1.43 bits per heavy atom. The van der Waals surface area contributed by atoms with E-state index >= 15 is 0 Å². The van der Waals surface area contributed by atoms with Gasteiger partial charge in [-0.05, 0) is 37.0 Å². The Hall–Kier alpha value is -0.0800. The lowest BCUT2D eigenvalue weighted by Gasteiger charge is -2.29. The van der Waals surface area contributed by atoms with E-state index in [-0.39, 0.29) is 0 Å². The van der Waals surface area contributed by atoms with Crippen LogP contribution < -0.4 is 5.73 Å². The first-order chi connectivity index (χ1) is 6.49. The van der Waals surface area contributed by atoms with E-state index in [0.717, 1.165) is 19.6 Å². The lowest BCUT2D eigenvalue weighted by atomic mass is 9.84. The average molecular weight is 199 g/mol. The van der Waals surface area contributed by atoms with Crippen LogP contribution in [0.2, 0.25) is 0 Å². The molecule has 1 aliphatic rings. The third-order valence-corrected chi connectivity index (χ3v) is 3.03. The van der Waals surface area contributed by atoms with Gasteiger partial charge in [0.25, 0.3) is 0 Å². The van der Waals surface area contributed by atoms with E-state index < -0.39 is 0 Å². The monoisotopic (exact) mass is 199 g/mol. The van der Waals surface area contributed by atoms with E-state index in [4.69, 9.17) is 10.5 Å². The second-order valence-corrected chi connectivity index (χ2v) is 5.74. The second-order valence-electron chi connectivity index (χ2n) is 5.74. The van der Waals surface area contributed by atoms with Crippen molar-refractivity contribution >= 4 is 0 Å². The summed E-state index contributed by atoms with van der Waals surface area (Å²) in [5, 5.41) is 0. The Bertz CT molecular complexity index is 156. The molecule has 0 radical (unpaired) electrons. The molecule has 1 heterocycles. The van der Waals surface area contributed by atoms with Gasteiger partial charge < -0.3 is 10.5 Å². The normalized spacial score (nSPS) is 26.1. The first-order valence-corrected chi connectivity index (χ1v) is 5.82. The molecule has 0 bridgehead atoms. The van der Waals surface area contributed by atoms with Gasteiger partial charge >= 0.3 is 0 Å². The van der Waals surface area contributed by atoms with Gasteiger partial charge in [0, 0.05) is 12.6 Å². The van der Waals surface area contributed by atoms with Crippen LogP contribution in [0.25, 0.3) is 0 Å². The Balaban J connectivity index is 2.23. The third-order valence-electron chi connectivity index (χ3n) is 3.03. The van der Waals surface area contributed by atoms with Crippen LogP contribution in [0.1, 0.15) is 46.5 Å². The van der Waals surface area contributed by atoms with Gasteiger partial charge in [-0.25, -0.2) is 0 Å². The quantitative estimate of drug-likeness (QED) is 0.758. The minimum Gasteiger partial charge on any atom is -0.381 e. The van der Waals surface area contributed by atoms with Gasteiger partial charge in [-0.2, -0.15) is 0 Å². The first-order valence-electron chi connectivity index (χ1n) is 5.82. The van der Waals surface area contributed by atoms with Gasteiger partial charge in [0.2, 0.25) is 0 Å².